The van der Waals surface area contributed by atoms with E-state index in [1.807, 2.05) is 22.3 Å². The molecule has 0 aliphatic carbocycles. The molecule has 3 rings (SSSR count). The Balaban J connectivity index is 1.56. The molecule has 1 fully saturated rings. The van der Waals surface area contributed by atoms with Crippen LogP contribution in [0, 0.1) is 17.2 Å². The second-order valence-corrected chi connectivity index (χ2v) is 6.45. The third-order valence-corrected chi connectivity index (χ3v) is 4.98. The van der Waals surface area contributed by atoms with Crippen molar-refractivity contribution in [3.8, 4) is 6.07 Å². The largest absolute Gasteiger partial charge is 0.372 e. The van der Waals surface area contributed by atoms with Crippen LogP contribution >= 0.6 is 11.3 Å². The topological polar surface area (TPSA) is 62.9 Å². The molecule has 2 aromatic heterocycles. The highest BCUT2D eigenvalue weighted by Crippen LogP contribution is 2.34. The van der Waals surface area contributed by atoms with E-state index in [9.17, 15) is 0 Å². The molecule has 2 aromatic rings. The molecule has 0 bridgehead atoms. The predicted molar refractivity (Wildman–Crippen MR) is 85.4 cm³/mol. The summed E-state index contributed by atoms with van der Waals surface area (Å²) in [5, 5.41) is 18.6. The number of hydrogen-bond donors (Lipinski definition) is 1. The Morgan fingerprint density at radius 1 is 1.59 bits per heavy atom. The summed E-state index contributed by atoms with van der Waals surface area (Å²) in [5.41, 5.74) is 1.92. The number of nitrogens with zero attached hydrogens (tertiary/aromatic N) is 3. The van der Waals surface area contributed by atoms with Crippen LogP contribution in [-0.4, -0.2) is 22.9 Å². The average Bonchev–Trinajstić information content (AvgIpc) is 3.27. The number of nitrogens with one attached hydrogen (secondary N) is 1. The molecule has 0 aromatic carbocycles. The number of rotatable bonds is 6. The molecule has 1 saturated heterocycles. The van der Waals surface area contributed by atoms with Crippen molar-refractivity contribution >= 4 is 11.3 Å². The normalized spacial score (nSPS) is 21.1. The summed E-state index contributed by atoms with van der Waals surface area (Å²) >= 11 is 1.63. The highest BCUT2D eigenvalue weighted by atomic mass is 32.1. The van der Waals surface area contributed by atoms with Crippen LogP contribution in [0.25, 0.3) is 0 Å². The summed E-state index contributed by atoms with van der Waals surface area (Å²) < 4.78 is 7.95. The molecule has 6 heteroatoms. The Morgan fingerprint density at radius 3 is 3.27 bits per heavy atom. The minimum Gasteiger partial charge on any atom is -0.372 e. The molecular weight excluding hydrogens is 296 g/mol. The Labute approximate surface area is 134 Å². The van der Waals surface area contributed by atoms with Crippen LogP contribution in [0.15, 0.2) is 23.7 Å². The monoisotopic (exact) mass is 316 g/mol. The maximum atomic E-state index is 8.85. The maximum absolute atomic E-state index is 8.85. The van der Waals surface area contributed by atoms with Gasteiger partial charge in [0.15, 0.2) is 0 Å². The first-order valence-electron chi connectivity index (χ1n) is 7.63. The SMILES string of the molecule is CCn1nccc1[C@@H]1OCC[C@H]1CNCc1cc(C#N)cs1. The number of thiophene rings is 1. The van der Waals surface area contributed by atoms with Crippen LogP contribution in [0.5, 0.6) is 0 Å². The van der Waals surface area contributed by atoms with Gasteiger partial charge in [0, 0.05) is 48.6 Å². The van der Waals surface area contributed by atoms with Crippen LogP contribution in [0.3, 0.4) is 0 Å². The summed E-state index contributed by atoms with van der Waals surface area (Å²) in [6.45, 7) is 5.50. The summed E-state index contributed by atoms with van der Waals surface area (Å²) in [5.74, 6) is 0.470. The highest BCUT2D eigenvalue weighted by molar-refractivity contribution is 7.10. The number of aryl methyl sites for hydroxylation is 1. The molecule has 1 aliphatic rings. The van der Waals surface area contributed by atoms with Gasteiger partial charge in [0.2, 0.25) is 0 Å². The van der Waals surface area contributed by atoms with Gasteiger partial charge in [0.25, 0.3) is 0 Å². The molecule has 0 amide bonds. The van der Waals surface area contributed by atoms with E-state index in [4.69, 9.17) is 10.00 Å². The smallest absolute Gasteiger partial charge is 0.103 e. The molecule has 2 atom stereocenters. The lowest BCUT2D eigenvalue weighted by Crippen LogP contribution is -2.25. The van der Waals surface area contributed by atoms with E-state index >= 15 is 0 Å². The third kappa shape index (κ3) is 3.22. The van der Waals surface area contributed by atoms with E-state index in [2.05, 4.69) is 29.5 Å². The second kappa shape index (κ2) is 7.05. The number of nitriles is 1. The zero-order valence-electron chi connectivity index (χ0n) is 12.7. The molecule has 1 N–H and O–H groups in total. The van der Waals surface area contributed by atoms with Crippen molar-refractivity contribution in [2.45, 2.75) is 32.5 Å². The summed E-state index contributed by atoms with van der Waals surface area (Å²) in [4.78, 5) is 1.20. The molecule has 0 unspecified atom stereocenters. The van der Waals surface area contributed by atoms with Gasteiger partial charge in [-0.2, -0.15) is 10.4 Å². The lowest BCUT2D eigenvalue weighted by atomic mass is 9.99. The van der Waals surface area contributed by atoms with E-state index < -0.39 is 0 Å². The van der Waals surface area contributed by atoms with Crippen molar-refractivity contribution in [2.24, 2.45) is 5.92 Å². The number of ether oxygens (including phenoxy) is 1. The van der Waals surface area contributed by atoms with Crippen LogP contribution < -0.4 is 5.32 Å². The van der Waals surface area contributed by atoms with Gasteiger partial charge >= 0.3 is 0 Å². The summed E-state index contributed by atoms with van der Waals surface area (Å²) in [6, 6.07) is 6.18. The van der Waals surface area contributed by atoms with E-state index in [-0.39, 0.29) is 6.10 Å². The third-order valence-electron chi connectivity index (χ3n) is 4.04. The van der Waals surface area contributed by atoms with E-state index in [0.29, 0.717) is 5.92 Å². The van der Waals surface area contributed by atoms with E-state index in [1.54, 1.807) is 11.3 Å². The number of hydrogen-bond acceptors (Lipinski definition) is 5. The zero-order chi connectivity index (χ0) is 15.4. The average molecular weight is 316 g/mol. The van der Waals surface area contributed by atoms with Crippen molar-refractivity contribution in [1.82, 2.24) is 15.1 Å². The Kier molecular flexibility index (Phi) is 4.88. The first kappa shape index (κ1) is 15.2. The molecule has 0 saturated carbocycles. The van der Waals surface area contributed by atoms with Crippen molar-refractivity contribution in [1.29, 1.82) is 5.26 Å². The summed E-state index contributed by atoms with van der Waals surface area (Å²) in [6.07, 6.45) is 3.05. The van der Waals surface area contributed by atoms with Crippen LogP contribution in [0.4, 0.5) is 0 Å². The zero-order valence-corrected chi connectivity index (χ0v) is 13.5. The number of aromatic nitrogens is 2. The van der Waals surface area contributed by atoms with Crippen molar-refractivity contribution in [3.63, 3.8) is 0 Å². The molecule has 116 valence electrons. The standard InChI is InChI=1S/C16H20N4OS/c1-2-20-15(3-5-19-20)16-13(4-6-21-16)9-18-10-14-7-12(8-17)11-22-14/h3,5,7,11,13,16,18H,2,4,6,9-10H2,1H3/t13-,16+/m0/s1. The fraction of sp³-hybridized carbons (Fsp3) is 0.500. The van der Waals surface area contributed by atoms with Gasteiger partial charge in [-0.3, -0.25) is 4.68 Å². The maximum Gasteiger partial charge on any atom is 0.103 e. The lowest BCUT2D eigenvalue weighted by Gasteiger charge is -2.19. The molecule has 1 aliphatic heterocycles. The van der Waals surface area contributed by atoms with Crippen LogP contribution in [0.2, 0.25) is 0 Å². The van der Waals surface area contributed by atoms with E-state index in [1.165, 1.54) is 10.6 Å². The highest BCUT2D eigenvalue weighted by Gasteiger charge is 2.31. The summed E-state index contributed by atoms with van der Waals surface area (Å²) in [7, 11) is 0. The van der Waals surface area contributed by atoms with Crippen molar-refractivity contribution < 1.29 is 4.74 Å². The molecule has 0 radical (unpaired) electrons. The van der Waals surface area contributed by atoms with Gasteiger partial charge in [-0.25, -0.2) is 0 Å². The quantitative estimate of drug-likeness (QED) is 0.890. The first-order valence-corrected chi connectivity index (χ1v) is 8.51. The van der Waals surface area contributed by atoms with Gasteiger partial charge in [0.05, 0.1) is 11.3 Å². The lowest BCUT2D eigenvalue weighted by molar-refractivity contribution is 0.0830. The minimum atomic E-state index is 0.132. The predicted octanol–water partition coefficient (Wildman–Crippen LogP) is 2.70. The van der Waals surface area contributed by atoms with Crippen molar-refractivity contribution in [2.75, 3.05) is 13.2 Å². The van der Waals surface area contributed by atoms with Gasteiger partial charge in [-0.1, -0.05) is 0 Å². The van der Waals surface area contributed by atoms with Gasteiger partial charge in [-0.05, 0) is 25.5 Å². The van der Waals surface area contributed by atoms with Crippen LogP contribution in [0.1, 0.15) is 35.6 Å². The minimum absolute atomic E-state index is 0.132. The molecule has 22 heavy (non-hydrogen) atoms. The Hall–Kier alpha value is -1.68. The fourth-order valence-electron chi connectivity index (χ4n) is 2.93. The second-order valence-electron chi connectivity index (χ2n) is 5.46. The molecular formula is C16H20N4OS. The van der Waals surface area contributed by atoms with Gasteiger partial charge in [0.1, 0.15) is 12.2 Å². The Morgan fingerprint density at radius 2 is 2.50 bits per heavy atom. The van der Waals surface area contributed by atoms with Crippen molar-refractivity contribution in [3.05, 3.63) is 39.8 Å². The molecule has 5 nitrogen and oxygen atoms in total. The molecule has 0 spiro atoms. The molecule has 3 heterocycles. The Bertz CT molecular complexity index is 657. The van der Waals surface area contributed by atoms with Crippen LogP contribution in [-0.2, 0) is 17.8 Å². The first-order chi connectivity index (χ1) is 10.8. The fourth-order valence-corrected chi connectivity index (χ4v) is 3.71. The van der Waals surface area contributed by atoms with Gasteiger partial charge < -0.3 is 10.1 Å². The van der Waals surface area contributed by atoms with E-state index in [0.717, 1.165) is 38.2 Å². The van der Waals surface area contributed by atoms with Gasteiger partial charge in [-0.15, -0.1) is 11.3 Å².